The lowest BCUT2D eigenvalue weighted by molar-refractivity contribution is -0.132. The Morgan fingerprint density at radius 2 is 2.10 bits per heavy atom. The van der Waals surface area contributed by atoms with Crippen molar-refractivity contribution in [3.63, 3.8) is 0 Å². The van der Waals surface area contributed by atoms with Crippen molar-refractivity contribution in [2.45, 2.75) is 52.1 Å². The zero-order valence-electron chi connectivity index (χ0n) is 12.8. The lowest BCUT2D eigenvalue weighted by Gasteiger charge is -2.26. The first kappa shape index (κ1) is 15.1. The number of amides is 1. The summed E-state index contributed by atoms with van der Waals surface area (Å²) < 4.78 is 2.01. The molecule has 1 amide bonds. The second-order valence-electron chi connectivity index (χ2n) is 5.73. The fraction of sp³-hybridized carbons (Fsp3) is 0.688. The van der Waals surface area contributed by atoms with Crippen LogP contribution in [0.5, 0.6) is 0 Å². The predicted molar refractivity (Wildman–Crippen MR) is 81.6 cm³/mol. The molecular formula is C16H27N3O. The van der Waals surface area contributed by atoms with Crippen molar-refractivity contribution in [2.75, 3.05) is 19.6 Å². The monoisotopic (exact) mass is 277 g/mol. The number of carbonyl (C=O) groups excluding carboxylic acids is 1. The summed E-state index contributed by atoms with van der Waals surface area (Å²) in [6.07, 6.45) is 8.81. The Morgan fingerprint density at radius 1 is 1.35 bits per heavy atom. The molecule has 0 radical (unpaired) electrons. The topological polar surface area (TPSA) is 37.3 Å². The maximum atomic E-state index is 12.2. The summed E-state index contributed by atoms with van der Waals surface area (Å²) in [7, 11) is 0. The number of aromatic nitrogens is 1. The molecule has 0 aliphatic carbocycles. The van der Waals surface area contributed by atoms with Gasteiger partial charge in [-0.25, -0.2) is 0 Å². The SMILES string of the molecule is CCCNC(C)c1ccn(CC(=O)N2CCCCC2)c1. The number of nitrogens with one attached hydrogen (secondary N) is 1. The van der Waals surface area contributed by atoms with Crippen LogP contribution in [0.1, 0.15) is 51.1 Å². The van der Waals surface area contributed by atoms with Gasteiger partial charge in [0.05, 0.1) is 0 Å². The first-order chi connectivity index (χ1) is 9.70. The number of rotatable bonds is 6. The molecule has 1 aromatic heterocycles. The van der Waals surface area contributed by atoms with E-state index < -0.39 is 0 Å². The van der Waals surface area contributed by atoms with Crippen molar-refractivity contribution in [3.05, 3.63) is 24.0 Å². The lowest BCUT2D eigenvalue weighted by atomic mass is 10.1. The summed E-state index contributed by atoms with van der Waals surface area (Å²) in [5.41, 5.74) is 1.25. The van der Waals surface area contributed by atoms with E-state index in [9.17, 15) is 4.79 Å². The van der Waals surface area contributed by atoms with E-state index in [2.05, 4.69) is 31.4 Å². The number of likely N-dealkylation sites (tertiary alicyclic amines) is 1. The molecule has 2 heterocycles. The third-order valence-electron chi connectivity index (χ3n) is 4.00. The van der Waals surface area contributed by atoms with Gasteiger partial charge in [0.2, 0.25) is 5.91 Å². The van der Waals surface area contributed by atoms with Crippen molar-refractivity contribution in [3.8, 4) is 0 Å². The standard InChI is InChI=1S/C16H27N3O/c1-3-8-17-14(2)15-7-11-18(12-15)13-16(20)19-9-5-4-6-10-19/h7,11-12,14,17H,3-6,8-10,13H2,1-2H3. The number of carbonyl (C=O) groups is 1. The normalized spacial score (nSPS) is 17.2. The predicted octanol–water partition coefficient (Wildman–Crippen LogP) is 2.56. The summed E-state index contributed by atoms with van der Waals surface area (Å²) in [4.78, 5) is 14.2. The minimum Gasteiger partial charge on any atom is -0.345 e. The molecule has 1 fully saturated rings. The van der Waals surface area contributed by atoms with E-state index >= 15 is 0 Å². The zero-order valence-corrected chi connectivity index (χ0v) is 12.8. The van der Waals surface area contributed by atoms with Crippen molar-refractivity contribution < 1.29 is 4.79 Å². The third kappa shape index (κ3) is 4.10. The van der Waals surface area contributed by atoms with Crippen molar-refractivity contribution in [1.82, 2.24) is 14.8 Å². The van der Waals surface area contributed by atoms with Gasteiger partial charge in [-0.1, -0.05) is 6.92 Å². The van der Waals surface area contributed by atoms with Gasteiger partial charge in [0.15, 0.2) is 0 Å². The molecule has 0 aromatic carbocycles. The maximum Gasteiger partial charge on any atom is 0.242 e. The smallest absolute Gasteiger partial charge is 0.242 e. The fourth-order valence-electron chi connectivity index (χ4n) is 2.69. The van der Waals surface area contributed by atoms with E-state index in [4.69, 9.17) is 0 Å². The quantitative estimate of drug-likeness (QED) is 0.867. The van der Waals surface area contributed by atoms with Crippen LogP contribution >= 0.6 is 0 Å². The molecule has 1 unspecified atom stereocenters. The molecule has 112 valence electrons. The molecule has 1 aliphatic heterocycles. The second kappa shape index (κ2) is 7.48. The molecule has 0 spiro atoms. The Kier molecular flexibility index (Phi) is 5.65. The highest BCUT2D eigenvalue weighted by Gasteiger charge is 2.16. The number of piperidine rings is 1. The number of hydrogen-bond acceptors (Lipinski definition) is 2. The molecule has 1 N–H and O–H groups in total. The van der Waals surface area contributed by atoms with E-state index in [1.54, 1.807) is 0 Å². The first-order valence-corrected chi connectivity index (χ1v) is 7.87. The van der Waals surface area contributed by atoms with Crippen LogP contribution in [0.3, 0.4) is 0 Å². The third-order valence-corrected chi connectivity index (χ3v) is 4.00. The van der Waals surface area contributed by atoms with Gasteiger partial charge in [0.25, 0.3) is 0 Å². The highest BCUT2D eigenvalue weighted by Crippen LogP contribution is 2.14. The number of hydrogen-bond donors (Lipinski definition) is 1. The molecule has 4 nitrogen and oxygen atoms in total. The lowest BCUT2D eigenvalue weighted by Crippen LogP contribution is -2.37. The summed E-state index contributed by atoms with van der Waals surface area (Å²) in [6.45, 7) is 7.70. The minimum atomic E-state index is 0.251. The van der Waals surface area contributed by atoms with Crippen molar-refractivity contribution >= 4 is 5.91 Å². The van der Waals surface area contributed by atoms with Crippen LogP contribution in [0.2, 0.25) is 0 Å². The Labute approximate surface area is 122 Å². The molecule has 4 heteroatoms. The van der Waals surface area contributed by atoms with Gasteiger partial charge < -0.3 is 14.8 Å². The zero-order chi connectivity index (χ0) is 14.4. The first-order valence-electron chi connectivity index (χ1n) is 7.87. The Bertz CT molecular complexity index is 421. The second-order valence-corrected chi connectivity index (χ2v) is 5.73. The van der Waals surface area contributed by atoms with Gasteiger partial charge in [-0.3, -0.25) is 4.79 Å². The fourth-order valence-corrected chi connectivity index (χ4v) is 2.69. The molecule has 2 rings (SSSR count). The van der Waals surface area contributed by atoms with Crippen LogP contribution in [-0.4, -0.2) is 35.0 Å². The summed E-state index contributed by atoms with van der Waals surface area (Å²) >= 11 is 0. The van der Waals surface area contributed by atoms with Crippen LogP contribution in [-0.2, 0) is 11.3 Å². The van der Waals surface area contributed by atoms with Gasteiger partial charge in [-0.2, -0.15) is 0 Å². The van der Waals surface area contributed by atoms with Crippen molar-refractivity contribution in [2.24, 2.45) is 0 Å². The van der Waals surface area contributed by atoms with Gasteiger partial charge in [0, 0.05) is 31.5 Å². The van der Waals surface area contributed by atoms with Crippen LogP contribution in [0.4, 0.5) is 0 Å². The van der Waals surface area contributed by atoms with E-state index in [-0.39, 0.29) is 5.91 Å². The van der Waals surface area contributed by atoms with Gasteiger partial charge in [-0.15, -0.1) is 0 Å². The van der Waals surface area contributed by atoms with Crippen molar-refractivity contribution in [1.29, 1.82) is 0 Å². The summed E-state index contributed by atoms with van der Waals surface area (Å²) in [6, 6.07) is 2.46. The van der Waals surface area contributed by atoms with Crippen LogP contribution in [0, 0.1) is 0 Å². The molecule has 1 saturated heterocycles. The molecule has 0 bridgehead atoms. The highest BCUT2D eigenvalue weighted by molar-refractivity contribution is 5.76. The summed E-state index contributed by atoms with van der Waals surface area (Å²) in [5, 5.41) is 3.47. The Hall–Kier alpha value is -1.29. The largest absolute Gasteiger partial charge is 0.345 e. The summed E-state index contributed by atoms with van der Waals surface area (Å²) in [5.74, 6) is 0.251. The molecule has 20 heavy (non-hydrogen) atoms. The van der Waals surface area contributed by atoms with E-state index in [0.29, 0.717) is 12.6 Å². The molecule has 0 saturated carbocycles. The number of nitrogens with zero attached hydrogens (tertiary/aromatic N) is 2. The average Bonchev–Trinajstić information content (AvgIpc) is 2.94. The Balaban J connectivity index is 1.86. The van der Waals surface area contributed by atoms with E-state index in [1.165, 1.54) is 12.0 Å². The molecule has 1 aromatic rings. The van der Waals surface area contributed by atoms with E-state index in [0.717, 1.165) is 38.9 Å². The average molecular weight is 277 g/mol. The van der Waals surface area contributed by atoms with Crippen LogP contribution in [0.25, 0.3) is 0 Å². The van der Waals surface area contributed by atoms with E-state index in [1.807, 2.05) is 15.7 Å². The van der Waals surface area contributed by atoms with Crippen LogP contribution in [0.15, 0.2) is 18.5 Å². The molecular weight excluding hydrogens is 250 g/mol. The molecule has 1 atom stereocenters. The van der Waals surface area contributed by atoms with Gasteiger partial charge >= 0.3 is 0 Å². The highest BCUT2D eigenvalue weighted by atomic mass is 16.2. The van der Waals surface area contributed by atoms with Gasteiger partial charge in [0.1, 0.15) is 6.54 Å². The van der Waals surface area contributed by atoms with Crippen LogP contribution < -0.4 is 5.32 Å². The Morgan fingerprint density at radius 3 is 2.80 bits per heavy atom. The maximum absolute atomic E-state index is 12.2. The van der Waals surface area contributed by atoms with Gasteiger partial charge in [-0.05, 0) is 50.8 Å². The minimum absolute atomic E-state index is 0.251. The molecule has 1 aliphatic rings.